The maximum absolute atomic E-state index is 10.8. The zero-order valence-corrected chi connectivity index (χ0v) is 9.68. The van der Waals surface area contributed by atoms with E-state index >= 15 is 0 Å². The first-order valence-corrected chi connectivity index (χ1v) is 5.46. The lowest BCUT2D eigenvalue weighted by molar-refractivity contribution is 0.685. The first-order valence-electron chi connectivity index (χ1n) is 2.98. The summed E-state index contributed by atoms with van der Waals surface area (Å²) in [6.07, 6.45) is 0. The number of rotatable bonds is 4. The Morgan fingerprint density at radius 1 is 1.73 bits per heavy atom. The van der Waals surface area contributed by atoms with E-state index in [4.69, 9.17) is 11.1 Å². The van der Waals surface area contributed by atoms with Gasteiger partial charge in [0.2, 0.25) is 0 Å². The minimum absolute atomic E-state index is 0. The normalized spacial score (nSPS) is 11.7. The van der Waals surface area contributed by atoms with Crippen molar-refractivity contribution >= 4 is 44.7 Å². The lowest BCUT2D eigenvalue weighted by Gasteiger charge is -1.96. The number of nitrogens with two attached hydrogens (primary N) is 1. The molecule has 0 aromatic rings. The summed E-state index contributed by atoms with van der Waals surface area (Å²) < 4.78 is 10.8. The number of amidine groups is 1. The molecule has 0 saturated carbocycles. The molecule has 0 aromatic carbocycles. The van der Waals surface area contributed by atoms with Gasteiger partial charge >= 0.3 is 0 Å². The lowest BCUT2D eigenvalue weighted by Crippen LogP contribution is -2.08. The van der Waals surface area contributed by atoms with Gasteiger partial charge in [0.1, 0.15) is 0 Å². The molecule has 0 fully saturated rings. The van der Waals surface area contributed by atoms with Gasteiger partial charge in [0.25, 0.3) is 0 Å². The summed E-state index contributed by atoms with van der Waals surface area (Å²) >= 11 is 1.24. The summed E-state index contributed by atoms with van der Waals surface area (Å²) in [4.78, 5) is 0. The predicted molar refractivity (Wildman–Crippen MR) is 58.2 cm³/mol. The van der Waals surface area contributed by atoms with Crippen LogP contribution < -0.4 is 5.73 Å². The topological polar surface area (TPSA) is 66.9 Å². The van der Waals surface area contributed by atoms with Crippen LogP contribution in [-0.4, -0.2) is 26.6 Å². The number of thioether (sulfide) groups is 1. The average molecular weight is 261 g/mol. The molecule has 0 heterocycles. The summed E-state index contributed by atoms with van der Waals surface area (Å²) in [6, 6.07) is 0. The van der Waals surface area contributed by atoms with Gasteiger partial charge in [-0.15, -0.1) is 17.0 Å². The molecule has 0 saturated heterocycles. The van der Waals surface area contributed by atoms with E-state index in [1.165, 1.54) is 11.8 Å². The Morgan fingerprint density at radius 3 is 2.64 bits per heavy atom. The third kappa shape index (κ3) is 10.4. The predicted octanol–water partition coefficient (Wildman–Crippen LogP) is 0.960. The van der Waals surface area contributed by atoms with Crippen molar-refractivity contribution in [2.75, 3.05) is 17.3 Å². The minimum atomic E-state index is -0.716. The van der Waals surface area contributed by atoms with E-state index in [-0.39, 0.29) is 22.1 Å². The average Bonchev–Trinajstić information content (AvgIpc) is 1.87. The smallest absolute Gasteiger partial charge is 0.151 e. The number of halogens is 1. The first-order chi connectivity index (χ1) is 4.66. The molecule has 0 radical (unpaired) electrons. The summed E-state index contributed by atoms with van der Waals surface area (Å²) in [5.41, 5.74) is 5.07. The van der Waals surface area contributed by atoms with Crippen LogP contribution in [0.5, 0.6) is 0 Å². The Kier molecular flexibility index (Phi) is 10.9. The maximum Gasteiger partial charge on any atom is 0.151 e. The summed E-state index contributed by atoms with van der Waals surface area (Å²) in [6.45, 7) is 1.88. The molecule has 6 heteroatoms. The molecule has 0 amide bonds. The Hall–Kier alpha value is 0.450. The molecule has 0 aromatic heterocycles. The van der Waals surface area contributed by atoms with Crippen LogP contribution in [0.15, 0.2) is 0 Å². The van der Waals surface area contributed by atoms with Crippen molar-refractivity contribution < 1.29 is 4.21 Å². The second-order valence-corrected chi connectivity index (χ2v) is 4.65. The van der Waals surface area contributed by atoms with Crippen molar-refractivity contribution in [1.29, 1.82) is 5.41 Å². The number of nitrogens with one attached hydrogen (secondary N) is 1. The van der Waals surface area contributed by atoms with Gasteiger partial charge in [-0.05, 0) is 0 Å². The van der Waals surface area contributed by atoms with Crippen molar-refractivity contribution in [3.05, 3.63) is 0 Å². The number of hydrogen-bond acceptors (Lipinski definition) is 3. The fourth-order valence-electron chi connectivity index (χ4n) is 0.389. The van der Waals surface area contributed by atoms with Crippen LogP contribution in [0.25, 0.3) is 0 Å². The van der Waals surface area contributed by atoms with Gasteiger partial charge in [-0.3, -0.25) is 9.62 Å². The van der Waals surface area contributed by atoms with Gasteiger partial charge in [-0.1, -0.05) is 18.7 Å². The highest BCUT2D eigenvalue weighted by molar-refractivity contribution is 8.93. The second kappa shape index (κ2) is 8.55. The first kappa shape index (κ1) is 14.0. The highest BCUT2D eigenvalue weighted by Gasteiger charge is 1.96. The van der Waals surface area contributed by atoms with Crippen molar-refractivity contribution in [3.8, 4) is 0 Å². The molecule has 11 heavy (non-hydrogen) atoms. The van der Waals surface area contributed by atoms with Crippen LogP contribution in [0, 0.1) is 5.41 Å². The Morgan fingerprint density at radius 2 is 2.27 bits per heavy atom. The van der Waals surface area contributed by atoms with Gasteiger partial charge in [0.05, 0.1) is 0 Å². The molecule has 3 nitrogen and oxygen atoms in total. The number of hydrogen-bond donors (Lipinski definition) is 2. The summed E-state index contributed by atoms with van der Waals surface area (Å²) in [5.74, 6) is 2.02. The zero-order valence-electron chi connectivity index (χ0n) is 6.33. The highest BCUT2D eigenvalue weighted by Crippen LogP contribution is 1.97. The molecular weight excluding hydrogens is 248 g/mol. The van der Waals surface area contributed by atoms with E-state index in [0.29, 0.717) is 17.3 Å². The molecule has 1 atom stereocenters. The van der Waals surface area contributed by atoms with E-state index in [2.05, 4.69) is 0 Å². The van der Waals surface area contributed by atoms with Crippen LogP contribution >= 0.6 is 28.7 Å². The van der Waals surface area contributed by atoms with Crippen LogP contribution in [0.2, 0.25) is 0 Å². The van der Waals surface area contributed by atoms with Gasteiger partial charge < -0.3 is 5.73 Å². The molecule has 0 spiro atoms. The third-order valence-corrected chi connectivity index (χ3v) is 3.17. The van der Waals surface area contributed by atoms with E-state index in [0.717, 1.165) is 0 Å². The molecule has 68 valence electrons. The van der Waals surface area contributed by atoms with Crippen LogP contribution in [-0.2, 0) is 10.8 Å². The van der Waals surface area contributed by atoms with Gasteiger partial charge in [-0.2, -0.15) is 0 Å². The lowest BCUT2D eigenvalue weighted by atomic mass is 10.9. The van der Waals surface area contributed by atoms with Crippen LogP contribution in [0.1, 0.15) is 6.92 Å². The molecule has 3 N–H and O–H groups in total. The SMILES string of the molecule is Br.CCS(=O)CCSC(=N)N. The monoisotopic (exact) mass is 260 g/mol. The standard InChI is InChI=1S/C5H12N2OS2.BrH/c1-2-10(8)4-3-9-5(6)7;/h2-4H2,1H3,(H3,6,7);1H. The summed E-state index contributed by atoms with van der Waals surface area (Å²) in [7, 11) is -0.716. The minimum Gasteiger partial charge on any atom is -0.379 e. The van der Waals surface area contributed by atoms with Crippen LogP contribution in [0.4, 0.5) is 0 Å². The van der Waals surface area contributed by atoms with Gasteiger partial charge in [0.15, 0.2) is 5.17 Å². The molecule has 0 bridgehead atoms. The van der Waals surface area contributed by atoms with E-state index in [9.17, 15) is 4.21 Å². The molecular formula is C5H13BrN2OS2. The van der Waals surface area contributed by atoms with Crippen LogP contribution in [0.3, 0.4) is 0 Å². The van der Waals surface area contributed by atoms with E-state index in [1.807, 2.05) is 6.92 Å². The molecule has 0 rings (SSSR count). The Labute approximate surface area is 84.2 Å². The Bertz CT molecular complexity index is 142. The maximum atomic E-state index is 10.8. The van der Waals surface area contributed by atoms with Gasteiger partial charge in [0, 0.05) is 28.1 Å². The van der Waals surface area contributed by atoms with Crippen molar-refractivity contribution in [3.63, 3.8) is 0 Å². The van der Waals surface area contributed by atoms with E-state index < -0.39 is 10.8 Å². The fraction of sp³-hybridized carbons (Fsp3) is 0.800. The summed E-state index contributed by atoms with van der Waals surface area (Å²) in [5, 5.41) is 6.94. The fourth-order valence-corrected chi connectivity index (χ4v) is 1.97. The van der Waals surface area contributed by atoms with Gasteiger partial charge in [-0.25, -0.2) is 0 Å². The highest BCUT2D eigenvalue weighted by atomic mass is 79.9. The van der Waals surface area contributed by atoms with Crippen molar-refractivity contribution in [1.82, 2.24) is 0 Å². The molecule has 0 aliphatic carbocycles. The third-order valence-electron chi connectivity index (χ3n) is 0.891. The van der Waals surface area contributed by atoms with Crippen molar-refractivity contribution in [2.24, 2.45) is 5.73 Å². The Balaban J connectivity index is 0. The molecule has 0 aliphatic rings. The second-order valence-electron chi connectivity index (χ2n) is 1.65. The molecule has 1 unspecified atom stereocenters. The van der Waals surface area contributed by atoms with E-state index in [1.54, 1.807) is 0 Å². The van der Waals surface area contributed by atoms with Crippen molar-refractivity contribution in [2.45, 2.75) is 6.92 Å². The molecule has 0 aliphatic heterocycles. The largest absolute Gasteiger partial charge is 0.379 e. The quantitative estimate of drug-likeness (QED) is 0.585. The zero-order chi connectivity index (χ0) is 7.98.